The lowest BCUT2D eigenvalue weighted by Crippen LogP contribution is -2.58. The number of amides is 3. The Morgan fingerprint density at radius 3 is 2.10 bits per heavy atom. The highest BCUT2D eigenvalue weighted by Gasteiger charge is 2.31. The van der Waals surface area contributed by atoms with Crippen molar-refractivity contribution in [2.75, 3.05) is 0 Å². The molecule has 1 aromatic heterocycles. The van der Waals surface area contributed by atoms with Gasteiger partial charge in [-0.3, -0.25) is 19.2 Å². The molecule has 1 heterocycles. The molecule has 0 radical (unpaired) electrons. The van der Waals surface area contributed by atoms with Crippen LogP contribution < -0.4 is 21.7 Å². The van der Waals surface area contributed by atoms with E-state index in [1.807, 2.05) is 6.92 Å². The number of carboxylic acids is 2. The molecule has 5 atom stereocenters. The Balaban J connectivity index is 2.22. The molecule has 212 valence electrons. The molecule has 0 spiro atoms. The summed E-state index contributed by atoms with van der Waals surface area (Å²) in [7, 11) is 0. The highest BCUT2D eigenvalue weighted by molar-refractivity contribution is 5.94. The number of carbonyl (C=O) groups is 5. The van der Waals surface area contributed by atoms with Gasteiger partial charge in [-0.05, 0) is 17.9 Å². The molecule has 0 aliphatic heterocycles. The Labute approximate surface area is 226 Å². The van der Waals surface area contributed by atoms with Crippen molar-refractivity contribution < 1.29 is 34.2 Å². The van der Waals surface area contributed by atoms with Crippen LogP contribution in [0.5, 0.6) is 0 Å². The van der Waals surface area contributed by atoms with Crippen LogP contribution in [-0.4, -0.2) is 74.0 Å². The van der Waals surface area contributed by atoms with E-state index in [-0.39, 0.29) is 25.2 Å². The lowest BCUT2D eigenvalue weighted by molar-refractivity contribution is -0.143. The van der Waals surface area contributed by atoms with Gasteiger partial charge in [-0.1, -0.05) is 50.6 Å². The summed E-state index contributed by atoms with van der Waals surface area (Å²) in [5.41, 5.74) is 7.21. The number of imidazole rings is 1. The van der Waals surface area contributed by atoms with E-state index in [0.29, 0.717) is 17.7 Å². The highest BCUT2D eigenvalue weighted by atomic mass is 16.4. The zero-order valence-electron chi connectivity index (χ0n) is 21.9. The number of hydrogen-bond acceptors (Lipinski definition) is 7. The minimum Gasteiger partial charge on any atom is -0.481 e. The molecule has 2 rings (SSSR count). The molecule has 5 unspecified atom stereocenters. The van der Waals surface area contributed by atoms with Gasteiger partial charge in [-0.15, -0.1) is 0 Å². The molecule has 0 bridgehead atoms. The summed E-state index contributed by atoms with van der Waals surface area (Å²) in [6.45, 7) is 3.68. The van der Waals surface area contributed by atoms with E-state index in [1.54, 1.807) is 37.3 Å². The summed E-state index contributed by atoms with van der Waals surface area (Å²) in [6.07, 6.45) is 2.71. The van der Waals surface area contributed by atoms with E-state index in [0.717, 1.165) is 0 Å². The average molecular weight is 545 g/mol. The minimum absolute atomic E-state index is 0.0101. The predicted octanol–water partition coefficient (Wildman–Crippen LogP) is -0.0279. The fraction of sp³-hybridized carbons (Fsp3) is 0.462. The van der Waals surface area contributed by atoms with Gasteiger partial charge in [0, 0.05) is 31.2 Å². The standard InChI is InChI=1S/C26H36N6O7/c1-3-15(2)22(27)25(37)31-19(12-17-13-28-14-29-17)24(36)30-18(9-10-21(33)34)23(35)32-20(26(38)39)11-16-7-5-4-6-8-16/h4-8,13-15,18-20,22H,3,9-12,27H2,1-2H3,(H,28,29)(H,30,36)(H,31,37)(H,32,35)(H,33,34)(H,38,39). The third-order valence-electron chi connectivity index (χ3n) is 6.35. The lowest BCUT2D eigenvalue weighted by Gasteiger charge is -2.26. The zero-order valence-corrected chi connectivity index (χ0v) is 21.9. The summed E-state index contributed by atoms with van der Waals surface area (Å²) in [6, 6.07) is 3.88. The first kappa shape index (κ1) is 31.0. The van der Waals surface area contributed by atoms with Gasteiger partial charge >= 0.3 is 11.9 Å². The number of aliphatic carboxylic acids is 2. The fourth-order valence-corrected chi connectivity index (χ4v) is 3.74. The highest BCUT2D eigenvalue weighted by Crippen LogP contribution is 2.09. The van der Waals surface area contributed by atoms with Crippen LogP contribution in [0.3, 0.4) is 0 Å². The van der Waals surface area contributed by atoms with Gasteiger partial charge in [0.05, 0.1) is 12.4 Å². The number of carboxylic acid groups (broad SMARTS) is 2. The second-order valence-corrected chi connectivity index (χ2v) is 9.34. The molecule has 13 nitrogen and oxygen atoms in total. The molecule has 39 heavy (non-hydrogen) atoms. The van der Waals surface area contributed by atoms with Gasteiger partial charge in [0.2, 0.25) is 17.7 Å². The first-order chi connectivity index (χ1) is 18.5. The van der Waals surface area contributed by atoms with Gasteiger partial charge in [-0.25, -0.2) is 9.78 Å². The molecule has 13 heteroatoms. The van der Waals surface area contributed by atoms with Crippen molar-refractivity contribution in [3.05, 3.63) is 54.1 Å². The van der Waals surface area contributed by atoms with E-state index in [4.69, 9.17) is 10.8 Å². The van der Waals surface area contributed by atoms with E-state index in [9.17, 15) is 29.1 Å². The van der Waals surface area contributed by atoms with Crippen molar-refractivity contribution in [1.82, 2.24) is 25.9 Å². The third-order valence-corrected chi connectivity index (χ3v) is 6.35. The smallest absolute Gasteiger partial charge is 0.326 e. The van der Waals surface area contributed by atoms with E-state index >= 15 is 0 Å². The SMILES string of the molecule is CCC(C)C(N)C(=O)NC(Cc1cnc[nH]1)C(=O)NC(CCC(=O)O)C(=O)NC(Cc1ccccc1)C(=O)O. The summed E-state index contributed by atoms with van der Waals surface area (Å²) in [5.74, 6) is -4.86. The molecular weight excluding hydrogens is 508 g/mol. The first-order valence-electron chi connectivity index (χ1n) is 12.6. The fourth-order valence-electron chi connectivity index (χ4n) is 3.74. The molecule has 0 fully saturated rings. The van der Waals surface area contributed by atoms with Crippen molar-refractivity contribution in [1.29, 1.82) is 0 Å². The lowest BCUT2D eigenvalue weighted by atomic mass is 9.98. The number of rotatable bonds is 16. The number of nitrogens with zero attached hydrogens (tertiary/aromatic N) is 1. The number of nitrogens with two attached hydrogens (primary N) is 1. The number of carbonyl (C=O) groups excluding carboxylic acids is 3. The van der Waals surface area contributed by atoms with Crippen molar-refractivity contribution in [3.8, 4) is 0 Å². The molecule has 2 aromatic rings. The second kappa shape index (κ2) is 15.2. The molecule has 0 aliphatic rings. The predicted molar refractivity (Wildman–Crippen MR) is 140 cm³/mol. The van der Waals surface area contributed by atoms with Crippen molar-refractivity contribution in [2.45, 2.75) is 70.1 Å². The van der Waals surface area contributed by atoms with Gasteiger partial charge in [0.25, 0.3) is 0 Å². The average Bonchev–Trinajstić information content (AvgIpc) is 3.42. The maximum atomic E-state index is 13.3. The van der Waals surface area contributed by atoms with Crippen LogP contribution in [-0.2, 0) is 36.8 Å². The van der Waals surface area contributed by atoms with Crippen molar-refractivity contribution in [3.63, 3.8) is 0 Å². The van der Waals surface area contributed by atoms with Crippen LogP contribution in [0.25, 0.3) is 0 Å². The molecular formula is C26H36N6O7. The van der Waals surface area contributed by atoms with Crippen LogP contribution in [0.1, 0.15) is 44.4 Å². The monoisotopic (exact) mass is 544 g/mol. The number of H-pyrrole nitrogens is 1. The van der Waals surface area contributed by atoms with Crippen molar-refractivity contribution >= 4 is 29.7 Å². The quantitative estimate of drug-likeness (QED) is 0.151. The van der Waals surface area contributed by atoms with Crippen molar-refractivity contribution in [2.24, 2.45) is 11.7 Å². The van der Waals surface area contributed by atoms with E-state index in [1.165, 1.54) is 12.5 Å². The normalized spacial score (nSPS) is 14.7. The first-order valence-corrected chi connectivity index (χ1v) is 12.6. The summed E-state index contributed by atoms with van der Waals surface area (Å²) in [5, 5.41) is 26.3. The van der Waals surface area contributed by atoms with Crippen LogP contribution in [0, 0.1) is 5.92 Å². The maximum Gasteiger partial charge on any atom is 0.326 e. The molecule has 0 aliphatic carbocycles. The number of hydrogen-bond donors (Lipinski definition) is 7. The zero-order chi connectivity index (χ0) is 28.9. The largest absolute Gasteiger partial charge is 0.481 e. The Morgan fingerprint density at radius 2 is 1.54 bits per heavy atom. The van der Waals surface area contributed by atoms with Crippen LogP contribution in [0.2, 0.25) is 0 Å². The van der Waals surface area contributed by atoms with Crippen LogP contribution >= 0.6 is 0 Å². The Kier molecular flexibility index (Phi) is 12.1. The molecule has 3 amide bonds. The van der Waals surface area contributed by atoms with E-state index in [2.05, 4.69) is 25.9 Å². The van der Waals surface area contributed by atoms with Gasteiger partial charge in [-0.2, -0.15) is 0 Å². The Morgan fingerprint density at radius 1 is 0.923 bits per heavy atom. The van der Waals surface area contributed by atoms with Gasteiger partial charge < -0.3 is 36.9 Å². The minimum atomic E-state index is -1.38. The summed E-state index contributed by atoms with van der Waals surface area (Å²) in [4.78, 5) is 68.9. The molecule has 1 aromatic carbocycles. The van der Waals surface area contributed by atoms with Crippen LogP contribution in [0.15, 0.2) is 42.9 Å². The van der Waals surface area contributed by atoms with Crippen LogP contribution in [0.4, 0.5) is 0 Å². The van der Waals surface area contributed by atoms with Gasteiger partial charge in [0.1, 0.15) is 18.1 Å². The molecule has 0 saturated heterocycles. The maximum absolute atomic E-state index is 13.3. The van der Waals surface area contributed by atoms with Gasteiger partial charge in [0.15, 0.2) is 0 Å². The summed E-state index contributed by atoms with van der Waals surface area (Å²) < 4.78 is 0. The third kappa shape index (κ3) is 10.2. The number of aromatic amines is 1. The topological polar surface area (TPSA) is 217 Å². The Hall–Kier alpha value is -4.26. The molecule has 8 N–H and O–H groups in total. The Bertz CT molecular complexity index is 1110. The van der Waals surface area contributed by atoms with E-state index < -0.39 is 60.2 Å². The number of benzene rings is 1. The summed E-state index contributed by atoms with van der Waals surface area (Å²) >= 11 is 0. The number of nitrogens with one attached hydrogen (secondary N) is 4. The molecule has 0 saturated carbocycles. The second-order valence-electron chi connectivity index (χ2n) is 9.34. The number of aromatic nitrogens is 2.